The highest BCUT2D eigenvalue weighted by molar-refractivity contribution is 6.30. The monoisotopic (exact) mass is 300 g/mol. The maximum absolute atomic E-state index is 5.95. The van der Waals surface area contributed by atoms with Crippen molar-refractivity contribution in [1.29, 1.82) is 0 Å². The largest absolute Gasteiger partial charge is 0.369 e. The van der Waals surface area contributed by atoms with Crippen molar-refractivity contribution in [3.8, 4) is 0 Å². The molecule has 1 fully saturated rings. The third-order valence-electron chi connectivity index (χ3n) is 4.12. The Hall–Kier alpha value is -1.51. The van der Waals surface area contributed by atoms with Crippen molar-refractivity contribution in [2.75, 3.05) is 37.6 Å². The molecule has 0 amide bonds. The van der Waals surface area contributed by atoms with Crippen LogP contribution in [0.5, 0.6) is 0 Å². The molecule has 1 aliphatic heterocycles. The Balaban J connectivity index is 1.48. The number of hydrogen-bond donors (Lipinski definition) is 0. The Morgan fingerprint density at radius 1 is 0.810 bits per heavy atom. The summed E-state index contributed by atoms with van der Waals surface area (Å²) >= 11 is 5.95. The van der Waals surface area contributed by atoms with E-state index in [-0.39, 0.29) is 0 Å². The van der Waals surface area contributed by atoms with Crippen molar-refractivity contribution in [3.05, 3.63) is 65.2 Å². The summed E-state index contributed by atoms with van der Waals surface area (Å²) in [6.07, 6.45) is 1.14. The van der Waals surface area contributed by atoms with Gasteiger partial charge in [-0.15, -0.1) is 0 Å². The highest BCUT2D eigenvalue weighted by Crippen LogP contribution is 2.19. The highest BCUT2D eigenvalue weighted by atomic mass is 35.5. The van der Waals surface area contributed by atoms with E-state index in [1.54, 1.807) is 0 Å². The maximum atomic E-state index is 5.95. The number of rotatable bonds is 4. The first-order valence-corrected chi connectivity index (χ1v) is 7.96. The molecule has 0 aromatic heterocycles. The number of nitrogens with zero attached hydrogens (tertiary/aromatic N) is 2. The van der Waals surface area contributed by atoms with E-state index in [1.807, 2.05) is 12.1 Å². The van der Waals surface area contributed by atoms with Crippen molar-refractivity contribution < 1.29 is 0 Å². The van der Waals surface area contributed by atoms with Crippen LogP contribution < -0.4 is 4.90 Å². The highest BCUT2D eigenvalue weighted by Gasteiger charge is 2.16. The zero-order valence-electron chi connectivity index (χ0n) is 12.2. The molecule has 2 aromatic rings. The summed E-state index contributed by atoms with van der Waals surface area (Å²) in [7, 11) is 0. The Labute approximate surface area is 131 Å². The van der Waals surface area contributed by atoms with Gasteiger partial charge in [-0.1, -0.05) is 41.9 Å². The minimum absolute atomic E-state index is 0.806. The zero-order chi connectivity index (χ0) is 14.5. The quantitative estimate of drug-likeness (QED) is 0.849. The SMILES string of the molecule is Clc1ccc(N2CCN(CCc3ccccc3)CC2)cc1. The molecule has 2 nitrogen and oxygen atoms in total. The van der Waals surface area contributed by atoms with Crippen molar-refractivity contribution in [2.45, 2.75) is 6.42 Å². The second kappa shape index (κ2) is 6.97. The van der Waals surface area contributed by atoms with Crippen LogP contribution in [0.3, 0.4) is 0 Å². The smallest absolute Gasteiger partial charge is 0.0407 e. The van der Waals surface area contributed by atoms with E-state index in [0.717, 1.165) is 44.2 Å². The number of halogens is 1. The fourth-order valence-electron chi connectivity index (χ4n) is 2.81. The molecular formula is C18H21ClN2. The van der Waals surface area contributed by atoms with Crippen molar-refractivity contribution in [3.63, 3.8) is 0 Å². The van der Waals surface area contributed by atoms with Crippen LogP contribution in [0, 0.1) is 0 Å². The van der Waals surface area contributed by atoms with Gasteiger partial charge in [-0.3, -0.25) is 4.90 Å². The molecule has 1 heterocycles. The van der Waals surface area contributed by atoms with Crippen LogP contribution in [0.15, 0.2) is 54.6 Å². The molecule has 0 unspecified atom stereocenters. The van der Waals surface area contributed by atoms with Crippen LogP contribution in [-0.2, 0) is 6.42 Å². The second-order valence-corrected chi connectivity index (χ2v) is 5.98. The van der Waals surface area contributed by atoms with Gasteiger partial charge in [0.15, 0.2) is 0 Å². The Bertz CT molecular complexity index is 545. The summed E-state index contributed by atoms with van der Waals surface area (Å²) in [5.74, 6) is 0. The molecule has 3 rings (SSSR count). The van der Waals surface area contributed by atoms with Gasteiger partial charge >= 0.3 is 0 Å². The minimum atomic E-state index is 0.806. The van der Waals surface area contributed by atoms with E-state index in [2.05, 4.69) is 52.3 Å². The van der Waals surface area contributed by atoms with Crippen LogP contribution in [0.2, 0.25) is 5.02 Å². The van der Waals surface area contributed by atoms with Crippen molar-refractivity contribution >= 4 is 17.3 Å². The van der Waals surface area contributed by atoms with Gasteiger partial charge in [-0.25, -0.2) is 0 Å². The lowest BCUT2D eigenvalue weighted by Crippen LogP contribution is -2.46. The molecule has 0 saturated carbocycles. The fraction of sp³-hybridized carbons (Fsp3) is 0.333. The first kappa shape index (κ1) is 14.4. The van der Waals surface area contributed by atoms with Crippen molar-refractivity contribution in [2.24, 2.45) is 0 Å². The van der Waals surface area contributed by atoms with Gasteiger partial charge in [-0.2, -0.15) is 0 Å². The number of benzene rings is 2. The Kier molecular flexibility index (Phi) is 4.79. The van der Waals surface area contributed by atoms with E-state index in [0.29, 0.717) is 0 Å². The Morgan fingerprint density at radius 2 is 1.48 bits per heavy atom. The molecule has 0 aliphatic carbocycles. The van der Waals surface area contributed by atoms with Gasteiger partial charge in [0, 0.05) is 43.4 Å². The van der Waals surface area contributed by atoms with E-state index < -0.39 is 0 Å². The molecule has 1 saturated heterocycles. The van der Waals surface area contributed by atoms with Crippen LogP contribution in [-0.4, -0.2) is 37.6 Å². The molecule has 0 N–H and O–H groups in total. The molecular weight excluding hydrogens is 280 g/mol. The summed E-state index contributed by atoms with van der Waals surface area (Å²) in [4.78, 5) is 4.99. The maximum Gasteiger partial charge on any atom is 0.0407 e. The van der Waals surface area contributed by atoms with Crippen LogP contribution in [0.1, 0.15) is 5.56 Å². The fourth-order valence-corrected chi connectivity index (χ4v) is 2.94. The van der Waals surface area contributed by atoms with Gasteiger partial charge in [0.1, 0.15) is 0 Å². The van der Waals surface area contributed by atoms with E-state index >= 15 is 0 Å². The lowest BCUT2D eigenvalue weighted by atomic mass is 10.1. The molecule has 1 aliphatic rings. The first-order valence-electron chi connectivity index (χ1n) is 7.58. The lowest BCUT2D eigenvalue weighted by molar-refractivity contribution is 0.261. The van der Waals surface area contributed by atoms with Crippen molar-refractivity contribution in [1.82, 2.24) is 4.90 Å². The standard InChI is InChI=1S/C18H21ClN2/c19-17-6-8-18(9-7-17)21-14-12-20(13-15-21)11-10-16-4-2-1-3-5-16/h1-9H,10-15H2. The number of anilines is 1. The molecule has 110 valence electrons. The third kappa shape index (κ3) is 3.99. The molecule has 0 radical (unpaired) electrons. The summed E-state index contributed by atoms with van der Waals surface area (Å²) in [6.45, 7) is 5.61. The summed E-state index contributed by atoms with van der Waals surface area (Å²) < 4.78 is 0. The van der Waals surface area contributed by atoms with E-state index in [9.17, 15) is 0 Å². The molecule has 2 aromatic carbocycles. The normalized spacial score (nSPS) is 16.1. The average molecular weight is 301 g/mol. The predicted octanol–water partition coefficient (Wildman–Crippen LogP) is 3.70. The topological polar surface area (TPSA) is 6.48 Å². The van der Waals surface area contributed by atoms with Crippen LogP contribution in [0.25, 0.3) is 0 Å². The molecule has 21 heavy (non-hydrogen) atoms. The van der Waals surface area contributed by atoms with Crippen LogP contribution in [0.4, 0.5) is 5.69 Å². The molecule has 0 atom stereocenters. The van der Waals surface area contributed by atoms with Gasteiger partial charge in [-0.05, 0) is 36.2 Å². The Morgan fingerprint density at radius 3 is 2.14 bits per heavy atom. The lowest BCUT2D eigenvalue weighted by Gasteiger charge is -2.36. The van der Waals surface area contributed by atoms with Gasteiger partial charge in [0.25, 0.3) is 0 Å². The number of hydrogen-bond acceptors (Lipinski definition) is 2. The summed E-state index contributed by atoms with van der Waals surface area (Å²) in [5.41, 5.74) is 2.71. The van der Waals surface area contributed by atoms with E-state index in [4.69, 9.17) is 11.6 Å². The molecule has 3 heteroatoms. The predicted molar refractivity (Wildman–Crippen MR) is 90.3 cm³/mol. The molecule has 0 bridgehead atoms. The zero-order valence-corrected chi connectivity index (χ0v) is 13.0. The van der Waals surface area contributed by atoms with Gasteiger partial charge in [0.05, 0.1) is 0 Å². The summed E-state index contributed by atoms with van der Waals surface area (Å²) in [6, 6.07) is 18.9. The second-order valence-electron chi connectivity index (χ2n) is 5.54. The van der Waals surface area contributed by atoms with E-state index in [1.165, 1.54) is 11.3 Å². The third-order valence-corrected chi connectivity index (χ3v) is 4.38. The minimum Gasteiger partial charge on any atom is -0.369 e. The van der Waals surface area contributed by atoms with Gasteiger partial charge in [0.2, 0.25) is 0 Å². The van der Waals surface area contributed by atoms with Gasteiger partial charge < -0.3 is 4.90 Å². The molecule has 0 spiro atoms. The van der Waals surface area contributed by atoms with Crippen LogP contribution >= 0.6 is 11.6 Å². The number of piperazine rings is 1. The first-order chi connectivity index (χ1) is 10.3. The average Bonchev–Trinajstić information content (AvgIpc) is 2.55. The summed E-state index contributed by atoms with van der Waals surface area (Å²) in [5, 5.41) is 0.806.